The number of hydrogen-bond acceptors (Lipinski definition) is 3. The summed E-state index contributed by atoms with van der Waals surface area (Å²) in [6.07, 6.45) is 2.95. The van der Waals surface area contributed by atoms with Crippen molar-refractivity contribution in [1.82, 2.24) is 10.2 Å². The van der Waals surface area contributed by atoms with E-state index in [0.29, 0.717) is 12.3 Å². The van der Waals surface area contributed by atoms with Crippen molar-refractivity contribution in [1.29, 1.82) is 0 Å². The van der Waals surface area contributed by atoms with Gasteiger partial charge in [0.25, 0.3) is 5.91 Å². The number of furan rings is 1. The third kappa shape index (κ3) is 2.03. The lowest BCUT2D eigenvalue weighted by Crippen LogP contribution is -2.67. The molecule has 2 aliphatic rings. The SMILES string of the molecule is Cc1c(C(=O)N2CC(=O)NCC23CCC3)oc2c1ccc1ccccc12. The van der Waals surface area contributed by atoms with Crippen LogP contribution in [0, 0.1) is 6.92 Å². The van der Waals surface area contributed by atoms with Gasteiger partial charge in [0.2, 0.25) is 5.91 Å². The topological polar surface area (TPSA) is 62.6 Å². The van der Waals surface area contributed by atoms with E-state index in [4.69, 9.17) is 4.42 Å². The van der Waals surface area contributed by atoms with Gasteiger partial charge in [-0.15, -0.1) is 0 Å². The van der Waals surface area contributed by atoms with Gasteiger partial charge in [-0.3, -0.25) is 9.59 Å². The maximum atomic E-state index is 13.3. The average molecular weight is 348 g/mol. The molecule has 5 nitrogen and oxygen atoms in total. The zero-order valence-corrected chi connectivity index (χ0v) is 14.7. The normalized spacial score (nSPS) is 19.0. The Hall–Kier alpha value is -2.82. The highest BCUT2D eigenvalue weighted by Gasteiger charge is 2.49. The number of fused-ring (bicyclic) bond motifs is 3. The van der Waals surface area contributed by atoms with Gasteiger partial charge in [0.1, 0.15) is 12.1 Å². The van der Waals surface area contributed by atoms with Crippen LogP contribution in [0.2, 0.25) is 0 Å². The monoisotopic (exact) mass is 348 g/mol. The third-order valence-corrected chi connectivity index (χ3v) is 6.04. The lowest BCUT2D eigenvalue weighted by molar-refractivity contribution is -0.129. The number of nitrogens with one attached hydrogen (secondary N) is 1. The molecule has 1 aliphatic carbocycles. The Morgan fingerprint density at radius 3 is 2.73 bits per heavy atom. The number of amides is 2. The van der Waals surface area contributed by atoms with Gasteiger partial charge in [-0.2, -0.15) is 0 Å². The summed E-state index contributed by atoms with van der Waals surface area (Å²) in [6.45, 7) is 2.57. The minimum absolute atomic E-state index is 0.102. The van der Waals surface area contributed by atoms with E-state index in [0.717, 1.165) is 46.6 Å². The zero-order valence-electron chi connectivity index (χ0n) is 14.7. The van der Waals surface area contributed by atoms with E-state index in [1.807, 2.05) is 37.3 Å². The molecule has 132 valence electrons. The number of carbonyl (C=O) groups is 2. The van der Waals surface area contributed by atoms with Gasteiger partial charge >= 0.3 is 0 Å². The van der Waals surface area contributed by atoms with Gasteiger partial charge in [-0.1, -0.05) is 36.4 Å². The minimum atomic E-state index is -0.238. The van der Waals surface area contributed by atoms with Crippen LogP contribution in [0.25, 0.3) is 21.7 Å². The lowest BCUT2D eigenvalue weighted by Gasteiger charge is -2.52. The van der Waals surface area contributed by atoms with Crippen molar-refractivity contribution < 1.29 is 14.0 Å². The molecule has 5 heteroatoms. The molecule has 1 aliphatic heterocycles. The highest BCUT2D eigenvalue weighted by atomic mass is 16.3. The smallest absolute Gasteiger partial charge is 0.290 e. The van der Waals surface area contributed by atoms with Gasteiger partial charge in [0.15, 0.2) is 5.76 Å². The van der Waals surface area contributed by atoms with Gasteiger partial charge in [0, 0.05) is 22.9 Å². The molecule has 1 saturated carbocycles. The molecule has 0 unspecified atom stereocenters. The molecule has 1 N–H and O–H groups in total. The number of hydrogen-bond donors (Lipinski definition) is 1. The van der Waals surface area contributed by atoms with Crippen LogP contribution >= 0.6 is 0 Å². The molecule has 0 radical (unpaired) electrons. The Kier molecular flexibility index (Phi) is 3.17. The molecule has 2 heterocycles. The quantitative estimate of drug-likeness (QED) is 0.733. The summed E-state index contributed by atoms with van der Waals surface area (Å²) in [6, 6.07) is 12.1. The van der Waals surface area contributed by atoms with Crippen LogP contribution in [0.4, 0.5) is 0 Å². The van der Waals surface area contributed by atoms with Crippen molar-refractivity contribution in [3.05, 3.63) is 47.7 Å². The summed E-state index contributed by atoms with van der Waals surface area (Å²) in [7, 11) is 0. The van der Waals surface area contributed by atoms with Gasteiger partial charge in [0.05, 0.1) is 5.54 Å². The number of nitrogens with zero attached hydrogens (tertiary/aromatic N) is 1. The fraction of sp³-hybridized carbons (Fsp3) is 0.333. The molecule has 0 atom stereocenters. The molecular formula is C21H20N2O3. The predicted octanol–water partition coefficient (Wildman–Crippen LogP) is 3.39. The Morgan fingerprint density at radius 1 is 1.15 bits per heavy atom. The maximum absolute atomic E-state index is 13.3. The van der Waals surface area contributed by atoms with Crippen molar-refractivity contribution in [3.8, 4) is 0 Å². The second-order valence-electron chi connectivity index (χ2n) is 7.47. The van der Waals surface area contributed by atoms with E-state index in [2.05, 4.69) is 11.4 Å². The molecule has 2 aromatic carbocycles. The van der Waals surface area contributed by atoms with Gasteiger partial charge < -0.3 is 14.6 Å². The van der Waals surface area contributed by atoms with Crippen LogP contribution in [-0.2, 0) is 4.79 Å². The Bertz CT molecular complexity index is 1060. The average Bonchev–Trinajstić information content (AvgIpc) is 2.97. The lowest BCUT2D eigenvalue weighted by atomic mass is 9.74. The molecule has 1 aromatic heterocycles. The fourth-order valence-corrected chi connectivity index (χ4v) is 4.32. The predicted molar refractivity (Wildman–Crippen MR) is 99.1 cm³/mol. The van der Waals surface area contributed by atoms with E-state index in [1.54, 1.807) is 4.90 Å². The van der Waals surface area contributed by atoms with Crippen molar-refractivity contribution in [2.45, 2.75) is 31.7 Å². The largest absolute Gasteiger partial charge is 0.450 e. The third-order valence-electron chi connectivity index (χ3n) is 6.04. The molecule has 26 heavy (non-hydrogen) atoms. The van der Waals surface area contributed by atoms with E-state index in [-0.39, 0.29) is 23.9 Å². The Balaban J connectivity index is 1.64. The van der Waals surface area contributed by atoms with Crippen molar-refractivity contribution in [3.63, 3.8) is 0 Å². The molecule has 2 fully saturated rings. The number of benzene rings is 2. The number of piperazine rings is 1. The van der Waals surface area contributed by atoms with E-state index in [1.165, 1.54) is 0 Å². The van der Waals surface area contributed by atoms with Crippen LogP contribution in [0.1, 0.15) is 35.4 Å². The standard InChI is InChI=1S/C21H20N2O3/c1-13-15-8-7-14-5-2-3-6-16(14)19(15)26-18(13)20(25)23-11-17(24)22-12-21(23)9-4-10-21/h2-3,5-8H,4,9-12H2,1H3,(H,22,24). The maximum Gasteiger partial charge on any atom is 0.290 e. The van der Waals surface area contributed by atoms with E-state index < -0.39 is 0 Å². The summed E-state index contributed by atoms with van der Waals surface area (Å²) >= 11 is 0. The Labute approximate surface area is 150 Å². The summed E-state index contributed by atoms with van der Waals surface area (Å²) < 4.78 is 6.10. The van der Waals surface area contributed by atoms with Crippen LogP contribution < -0.4 is 5.32 Å². The van der Waals surface area contributed by atoms with E-state index in [9.17, 15) is 9.59 Å². The molecule has 0 bridgehead atoms. The first-order valence-corrected chi connectivity index (χ1v) is 9.09. The fourth-order valence-electron chi connectivity index (χ4n) is 4.32. The molecule has 1 spiro atoms. The molecule has 1 saturated heterocycles. The number of aryl methyl sites for hydroxylation is 1. The van der Waals surface area contributed by atoms with Gasteiger partial charge in [-0.25, -0.2) is 0 Å². The summed E-state index contributed by atoms with van der Waals surface area (Å²) in [5.41, 5.74) is 1.35. The second kappa shape index (κ2) is 5.34. The summed E-state index contributed by atoms with van der Waals surface area (Å²) in [4.78, 5) is 27.0. The number of carbonyl (C=O) groups excluding carboxylic acids is 2. The Morgan fingerprint density at radius 2 is 1.96 bits per heavy atom. The zero-order chi connectivity index (χ0) is 17.9. The molecule has 2 amide bonds. The highest BCUT2D eigenvalue weighted by molar-refractivity contribution is 6.09. The first-order chi connectivity index (χ1) is 12.6. The van der Waals surface area contributed by atoms with Crippen LogP contribution in [0.3, 0.4) is 0 Å². The van der Waals surface area contributed by atoms with E-state index >= 15 is 0 Å². The molecular weight excluding hydrogens is 328 g/mol. The second-order valence-corrected chi connectivity index (χ2v) is 7.47. The van der Waals surface area contributed by atoms with Crippen molar-refractivity contribution in [2.75, 3.05) is 13.1 Å². The minimum Gasteiger partial charge on any atom is -0.450 e. The molecule has 3 aromatic rings. The van der Waals surface area contributed by atoms with Crippen molar-refractivity contribution >= 4 is 33.6 Å². The first kappa shape index (κ1) is 15.4. The highest BCUT2D eigenvalue weighted by Crippen LogP contribution is 2.40. The van der Waals surface area contributed by atoms with Crippen LogP contribution in [0.5, 0.6) is 0 Å². The summed E-state index contributed by atoms with van der Waals surface area (Å²) in [5.74, 6) is 0.0877. The van der Waals surface area contributed by atoms with Crippen LogP contribution in [0.15, 0.2) is 40.8 Å². The van der Waals surface area contributed by atoms with Gasteiger partial charge in [-0.05, 0) is 31.6 Å². The first-order valence-electron chi connectivity index (χ1n) is 9.09. The number of rotatable bonds is 1. The van der Waals surface area contributed by atoms with Crippen molar-refractivity contribution in [2.24, 2.45) is 0 Å². The van der Waals surface area contributed by atoms with Crippen LogP contribution in [-0.4, -0.2) is 35.3 Å². The summed E-state index contributed by atoms with van der Waals surface area (Å²) in [5, 5.41) is 5.95. The molecule has 5 rings (SSSR count).